The van der Waals surface area contributed by atoms with Gasteiger partial charge in [0.1, 0.15) is 24.4 Å². The van der Waals surface area contributed by atoms with Crippen LogP contribution in [0.25, 0.3) is 0 Å². The molecule has 0 aliphatic carbocycles. The highest BCUT2D eigenvalue weighted by Gasteiger charge is 2.44. The summed E-state index contributed by atoms with van der Waals surface area (Å²) in [6.07, 6.45) is 60.1. The van der Waals surface area contributed by atoms with E-state index < -0.39 is 49.5 Å². The fraction of sp³-hybridized carbons (Fsp3) is 0.910. The molecular weight excluding hydrogens is 979 g/mol. The summed E-state index contributed by atoms with van der Waals surface area (Å²) in [5.41, 5.74) is 0. The van der Waals surface area contributed by atoms with Crippen LogP contribution in [0, 0.1) is 0 Å². The van der Waals surface area contributed by atoms with Crippen LogP contribution in [0.1, 0.15) is 328 Å². The van der Waals surface area contributed by atoms with Gasteiger partial charge in [0.25, 0.3) is 0 Å². The Morgan fingerprint density at radius 1 is 0.462 bits per heavy atom. The molecular formula is C67H127NO10. The molecule has 1 aliphatic heterocycles. The SMILES string of the molecule is CCCCCCCCC/C=C/CC/C=C/C(O)C(COC1OC(CO)C(O)C(O)C1O)NC(=O)CCCCCCCCCCCCCCCCCCCCCCCCCCCCOC(=O)CCCCCCCCCCCCC. The van der Waals surface area contributed by atoms with Gasteiger partial charge < -0.3 is 45.1 Å². The maximum Gasteiger partial charge on any atom is 0.305 e. The molecule has 460 valence electrons. The van der Waals surface area contributed by atoms with Crippen LogP contribution in [-0.2, 0) is 23.8 Å². The van der Waals surface area contributed by atoms with E-state index in [4.69, 9.17) is 14.2 Å². The number of amides is 1. The second kappa shape index (κ2) is 57.0. The Hall–Kier alpha value is -1.86. The molecule has 0 aromatic heterocycles. The number of carbonyl (C=O) groups is 2. The van der Waals surface area contributed by atoms with Crippen molar-refractivity contribution in [1.29, 1.82) is 0 Å². The molecule has 0 radical (unpaired) electrons. The molecule has 11 nitrogen and oxygen atoms in total. The quantitative estimate of drug-likeness (QED) is 0.0195. The molecule has 1 amide bonds. The predicted molar refractivity (Wildman–Crippen MR) is 324 cm³/mol. The van der Waals surface area contributed by atoms with E-state index in [1.165, 1.54) is 244 Å². The van der Waals surface area contributed by atoms with Gasteiger partial charge in [0, 0.05) is 12.8 Å². The number of carbonyl (C=O) groups excluding carboxylic acids is 2. The van der Waals surface area contributed by atoms with Crippen LogP contribution in [0.5, 0.6) is 0 Å². The average molecular weight is 1110 g/mol. The Balaban J connectivity index is 2.00. The van der Waals surface area contributed by atoms with Crippen molar-refractivity contribution < 1.29 is 49.3 Å². The highest BCUT2D eigenvalue weighted by atomic mass is 16.7. The van der Waals surface area contributed by atoms with E-state index in [2.05, 4.69) is 31.3 Å². The number of hydrogen-bond acceptors (Lipinski definition) is 10. The van der Waals surface area contributed by atoms with Crippen molar-refractivity contribution in [2.45, 2.75) is 371 Å². The van der Waals surface area contributed by atoms with E-state index in [9.17, 15) is 35.1 Å². The van der Waals surface area contributed by atoms with Crippen molar-refractivity contribution in [2.24, 2.45) is 0 Å². The number of rotatable bonds is 59. The molecule has 0 aromatic carbocycles. The van der Waals surface area contributed by atoms with Gasteiger partial charge in [-0.15, -0.1) is 0 Å². The highest BCUT2D eigenvalue weighted by molar-refractivity contribution is 5.76. The minimum atomic E-state index is -1.57. The lowest BCUT2D eigenvalue weighted by atomic mass is 9.99. The van der Waals surface area contributed by atoms with Gasteiger partial charge in [0.2, 0.25) is 5.91 Å². The normalized spacial score (nSPS) is 18.6. The molecule has 11 heteroatoms. The lowest BCUT2D eigenvalue weighted by molar-refractivity contribution is -0.302. The highest BCUT2D eigenvalue weighted by Crippen LogP contribution is 2.23. The van der Waals surface area contributed by atoms with Crippen molar-refractivity contribution in [2.75, 3.05) is 19.8 Å². The van der Waals surface area contributed by atoms with Crippen LogP contribution >= 0.6 is 0 Å². The number of aliphatic hydroxyl groups excluding tert-OH is 5. The Morgan fingerprint density at radius 3 is 1.27 bits per heavy atom. The summed E-state index contributed by atoms with van der Waals surface area (Å²) in [7, 11) is 0. The molecule has 1 aliphatic rings. The molecule has 1 heterocycles. The molecule has 78 heavy (non-hydrogen) atoms. The largest absolute Gasteiger partial charge is 0.466 e. The Kier molecular flexibility index (Phi) is 54.2. The zero-order chi connectivity index (χ0) is 56.6. The third-order valence-electron chi connectivity index (χ3n) is 16.1. The fourth-order valence-electron chi connectivity index (χ4n) is 10.7. The van der Waals surface area contributed by atoms with E-state index in [0.717, 1.165) is 57.8 Å². The molecule has 1 rings (SSSR count). The van der Waals surface area contributed by atoms with Gasteiger partial charge in [-0.2, -0.15) is 0 Å². The molecule has 1 fully saturated rings. The van der Waals surface area contributed by atoms with Crippen LogP contribution in [0.2, 0.25) is 0 Å². The van der Waals surface area contributed by atoms with Crippen molar-refractivity contribution in [3.63, 3.8) is 0 Å². The minimum absolute atomic E-state index is 0.00699. The van der Waals surface area contributed by atoms with E-state index in [-0.39, 0.29) is 18.5 Å². The third kappa shape index (κ3) is 45.7. The van der Waals surface area contributed by atoms with Crippen LogP contribution in [-0.4, -0.2) is 100 Å². The van der Waals surface area contributed by atoms with E-state index in [0.29, 0.717) is 19.4 Å². The number of esters is 1. The first kappa shape index (κ1) is 74.2. The Bertz CT molecular complexity index is 1350. The van der Waals surface area contributed by atoms with E-state index in [1.54, 1.807) is 6.08 Å². The number of unbranched alkanes of at least 4 members (excludes halogenated alkanes) is 43. The Labute approximate surface area is 480 Å². The molecule has 0 spiro atoms. The number of aliphatic hydroxyl groups is 5. The van der Waals surface area contributed by atoms with Gasteiger partial charge in [0.05, 0.1) is 32.0 Å². The molecule has 7 atom stereocenters. The lowest BCUT2D eigenvalue weighted by Gasteiger charge is -2.40. The van der Waals surface area contributed by atoms with Gasteiger partial charge in [-0.3, -0.25) is 9.59 Å². The van der Waals surface area contributed by atoms with Crippen molar-refractivity contribution in [3.05, 3.63) is 24.3 Å². The first-order chi connectivity index (χ1) is 38.2. The van der Waals surface area contributed by atoms with Crippen LogP contribution in [0.3, 0.4) is 0 Å². The van der Waals surface area contributed by atoms with Gasteiger partial charge in [-0.25, -0.2) is 0 Å². The van der Waals surface area contributed by atoms with Crippen molar-refractivity contribution >= 4 is 11.9 Å². The standard InChI is InChI=1S/C67H127NO10/c1-3-5-7-9-11-13-15-30-34-37-41-45-49-53-60(70)59(58-77-67-66(75)65(74)64(73)61(57-69)78-67)68-62(71)54-50-46-42-38-35-31-28-26-24-22-20-18-16-17-19-21-23-25-27-29-32-36-40-44-48-52-56-76-63(72)55-51-47-43-39-33-14-12-10-8-6-4-2/h34,37,49,53,59-61,64-67,69-70,73-75H,3-33,35-36,38-48,50-52,54-58H2,1-2H3,(H,68,71)/b37-34+,53-49+. The molecule has 6 N–H and O–H groups in total. The van der Waals surface area contributed by atoms with Crippen LogP contribution in [0.15, 0.2) is 24.3 Å². The fourth-order valence-corrected chi connectivity index (χ4v) is 10.7. The van der Waals surface area contributed by atoms with Gasteiger partial charge >= 0.3 is 5.97 Å². The topological polar surface area (TPSA) is 175 Å². The average Bonchev–Trinajstić information content (AvgIpc) is 3.44. The number of allylic oxidation sites excluding steroid dienone is 3. The number of hydrogen-bond donors (Lipinski definition) is 6. The van der Waals surface area contributed by atoms with Gasteiger partial charge in [-0.05, 0) is 44.9 Å². The summed E-state index contributed by atoms with van der Waals surface area (Å²) in [5.74, 6) is -0.181. The zero-order valence-electron chi connectivity index (χ0n) is 50.9. The molecule has 0 aromatic rings. The summed E-state index contributed by atoms with van der Waals surface area (Å²) in [5, 5.41) is 54.4. The summed E-state index contributed by atoms with van der Waals surface area (Å²) in [4.78, 5) is 25.1. The van der Waals surface area contributed by atoms with E-state index >= 15 is 0 Å². The van der Waals surface area contributed by atoms with Gasteiger partial charge in [0.15, 0.2) is 6.29 Å². The van der Waals surface area contributed by atoms with Crippen LogP contribution in [0.4, 0.5) is 0 Å². The van der Waals surface area contributed by atoms with Gasteiger partial charge in [-0.1, -0.05) is 295 Å². The summed E-state index contributed by atoms with van der Waals surface area (Å²) in [6.45, 7) is 4.35. The second-order valence-electron chi connectivity index (χ2n) is 23.5. The van der Waals surface area contributed by atoms with Crippen LogP contribution < -0.4 is 5.32 Å². The predicted octanol–water partition coefficient (Wildman–Crippen LogP) is 16.5. The number of nitrogens with one attached hydrogen (secondary N) is 1. The zero-order valence-corrected chi connectivity index (χ0v) is 50.9. The molecule has 7 unspecified atom stereocenters. The monoisotopic (exact) mass is 1110 g/mol. The van der Waals surface area contributed by atoms with Crippen molar-refractivity contribution in [1.82, 2.24) is 5.32 Å². The maximum atomic E-state index is 13.1. The summed E-state index contributed by atoms with van der Waals surface area (Å²) >= 11 is 0. The molecule has 0 saturated carbocycles. The first-order valence-electron chi connectivity index (χ1n) is 33.6. The first-order valence-corrected chi connectivity index (χ1v) is 33.6. The smallest absolute Gasteiger partial charge is 0.305 e. The summed E-state index contributed by atoms with van der Waals surface area (Å²) < 4.78 is 16.7. The molecule has 1 saturated heterocycles. The minimum Gasteiger partial charge on any atom is -0.466 e. The maximum absolute atomic E-state index is 13.1. The lowest BCUT2D eigenvalue weighted by Crippen LogP contribution is -2.60. The number of ether oxygens (including phenoxy) is 3. The Morgan fingerprint density at radius 2 is 0.833 bits per heavy atom. The van der Waals surface area contributed by atoms with E-state index in [1.807, 2.05) is 6.08 Å². The summed E-state index contributed by atoms with van der Waals surface area (Å²) in [6, 6.07) is -0.825. The molecule has 0 bridgehead atoms. The second-order valence-corrected chi connectivity index (χ2v) is 23.5. The third-order valence-corrected chi connectivity index (χ3v) is 16.1. The van der Waals surface area contributed by atoms with Crippen molar-refractivity contribution in [3.8, 4) is 0 Å².